The van der Waals surface area contributed by atoms with Crippen molar-refractivity contribution in [3.05, 3.63) is 28.8 Å². The molecule has 0 aliphatic heterocycles. The fourth-order valence-corrected chi connectivity index (χ4v) is 3.26. The van der Waals surface area contributed by atoms with Crippen LogP contribution in [0.2, 0.25) is 0 Å². The topological polar surface area (TPSA) is 66.5 Å². The first-order chi connectivity index (χ1) is 9.34. The van der Waals surface area contributed by atoms with Crippen LogP contribution < -0.4 is 5.56 Å². The van der Waals surface area contributed by atoms with E-state index in [0.717, 1.165) is 29.4 Å². The highest BCUT2D eigenvalue weighted by atomic mass is 16.1. The summed E-state index contributed by atoms with van der Waals surface area (Å²) in [5.74, 6) is 0. The van der Waals surface area contributed by atoms with Crippen LogP contribution in [0.3, 0.4) is 0 Å². The van der Waals surface area contributed by atoms with E-state index >= 15 is 0 Å². The second kappa shape index (κ2) is 3.98. The van der Waals surface area contributed by atoms with Crippen molar-refractivity contribution in [3.8, 4) is 0 Å². The largest absolute Gasteiger partial charge is 0.346 e. The van der Waals surface area contributed by atoms with Crippen molar-refractivity contribution in [2.75, 3.05) is 0 Å². The van der Waals surface area contributed by atoms with Crippen molar-refractivity contribution in [3.63, 3.8) is 0 Å². The predicted molar refractivity (Wildman–Crippen MR) is 74.3 cm³/mol. The molecule has 4 rings (SSSR count). The minimum absolute atomic E-state index is 0.0313. The Morgan fingerprint density at radius 3 is 2.89 bits per heavy atom. The zero-order valence-electron chi connectivity index (χ0n) is 10.6. The molecule has 2 N–H and O–H groups in total. The number of hydrogen-bond acceptors (Lipinski definition) is 2. The SMILES string of the molecule is O=c1[nH]n(C2CCCCC2)c2c1cnc1[nH]ccc12. The molecular weight excluding hydrogens is 240 g/mol. The average molecular weight is 256 g/mol. The first-order valence-corrected chi connectivity index (χ1v) is 6.91. The number of aromatic nitrogens is 4. The maximum absolute atomic E-state index is 12.1. The van der Waals surface area contributed by atoms with Gasteiger partial charge in [-0.15, -0.1) is 0 Å². The highest BCUT2D eigenvalue weighted by Gasteiger charge is 2.20. The van der Waals surface area contributed by atoms with Gasteiger partial charge in [-0.3, -0.25) is 14.6 Å². The Morgan fingerprint density at radius 1 is 1.21 bits per heavy atom. The Hall–Kier alpha value is -2.04. The van der Waals surface area contributed by atoms with Crippen molar-refractivity contribution < 1.29 is 0 Å². The Balaban J connectivity index is 2.03. The third-order valence-corrected chi connectivity index (χ3v) is 4.21. The van der Waals surface area contributed by atoms with Crippen molar-refractivity contribution in [1.29, 1.82) is 0 Å². The molecule has 1 aliphatic rings. The molecule has 1 saturated carbocycles. The molecule has 0 atom stereocenters. The number of rotatable bonds is 1. The first kappa shape index (κ1) is 10.8. The van der Waals surface area contributed by atoms with Crippen LogP contribution in [0, 0.1) is 0 Å². The van der Waals surface area contributed by atoms with Gasteiger partial charge < -0.3 is 4.98 Å². The fraction of sp³-hybridized carbons (Fsp3) is 0.429. The fourth-order valence-electron chi connectivity index (χ4n) is 3.26. The zero-order valence-corrected chi connectivity index (χ0v) is 10.6. The van der Waals surface area contributed by atoms with E-state index in [9.17, 15) is 4.79 Å². The number of pyridine rings is 1. The molecule has 3 heterocycles. The summed E-state index contributed by atoms with van der Waals surface area (Å²) in [6, 6.07) is 2.41. The summed E-state index contributed by atoms with van der Waals surface area (Å²) in [7, 11) is 0. The molecular formula is C14H16N4O. The van der Waals surface area contributed by atoms with Gasteiger partial charge in [0.1, 0.15) is 5.65 Å². The number of nitrogens with zero attached hydrogens (tertiary/aromatic N) is 2. The third-order valence-electron chi connectivity index (χ3n) is 4.21. The summed E-state index contributed by atoms with van der Waals surface area (Å²) in [6.45, 7) is 0. The quantitative estimate of drug-likeness (QED) is 0.703. The monoisotopic (exact) mass is 256 g/mol. The van der Waals surface area contributed by atoms with Gasteiger partial charge >= 0.3 is 0 Å². The zero-order chi connectivity index (χ0) is 12.8. The second-order valence-corrected chi connectivity index (χ2v) is 5.36. The minimum atomic E-state index is -0.0313. The number of aromatic amines is 2. The van der Waals surface area contributed by atoms with Crippen molar-refractivity contribution in [2.24, 2.45) is 0 Å². The van der Waals surface area contributed by atoms with E-state index in [-0.39, 0.29) is 5.56 Å². The maximum atomic E-state index is 12.1. The Morgan fingerprint density at radius 2 is 2.05 bits per heavy atom. The van der Waals surface area contributed by atoms with E-state index < -0.39 is 0 Å². The van der Waals surface area contributed by atoms with Crippen molar-refractivity contribution in [1.82, 2.24) is 19.7 Å². The van der Waals surface area contributed by atoms with Gasteiger partial charge in [-0.2, -0.15) is 0 Å². The highest BCUT2D eigenvalue weighted by Crippen LogP contribution is 2.31. The molecule has 0 bridgehead atoms. The summed E-state index contributed by atoms with van der Waals surface area (Å²) in [4.78, 5) is 19.5. The Kier molecular flexibility index (Phi) is 2.27. The third kappa shape index (κ3) is 1.54. The molecule has 98 valence electrons. The summed E-state index contributed by atoms with van der Waals surface area (Å²) >= 11 is 0. The summed E-state index contributed by atoms with van der Waals surface area (Å²) < 4.78 is 2.08. The molecule has 0 radical (unpaired) electrons. The molecule has 0 spiro atoms. The van der Waals surface area contributed by atoms with E-state index in [1.807, 2.05) is 12.3 Å². The van der Waals surface area contributed by atoms with E-state index in [2.05, 4.69) is 19.7 Å². The molecule has 19 heavy (non-hydrogen) atoms. The van der Waals surface area contributed by atoms with Gasteiger partial charge in [0, 0.05) is 17.8 Å². The van der Waals surface area contributed by atoms with Gasteiger partial charge in [0.25, 0.3) is 5.56 Å². The van der Waals surface area contributed by atoms with Crippen LogP contribution in [0.25, 0.3) is 21.9 Å². The molecule has 0 saturated heterocycles. The standard InChI is InChI=1S/C14H16N4O/c19-14-11-8-16-13-10(6-7-15-13)12(11)18(17-14)9-4-2-1-3-5-9/h6-9H,1-5H2,(H,15,16)(H,17,19). The predicted octanol–water partition coefficient (Wildman–Crippen LogP) is 2.71. The Bertz CT molecular complexity index is 789. The molecule has 0 aromatic carbocycles. The summed E-state index contributed by atoms with van der Waals surface area (Å²) in [5, 5.41) is 4.73. The van der Waals surface area contributed by atoms with Crippen LogP contribution in [-0.2, 0) is 0 Å². The van der Waals surface area contributed by atoms with Gasteiger partial charge in [-0.05, 0) is 18.9 Å². The molecule has 5 nitrogen and oxygen atoms in total. The number of fused-ring (bicyclic) bond motifs is 3. The van der Waals surface area contributed by atoms with E-state index in [0.29, 0.717) is 11.4 Å². The van der Waals surface area contributed by atoms with Crippen LogP contribution in [0.4, 0.5) is 0 Å². The molecule has 0 amide bonds. The van der Waals surface area contributed by atoms with Gasteiger partial charge in [0.15, 0.2) is 0 Å². The number of nitrogens with one attached hydrogen (secondary N) is 2. The highest BCUT2D eigenvalue weighted by molar-refractivity contribution is 6.02. The van der Waals surface area contributed by atoms with Crippen LogP contribution in [-0.4, -0.2) is 19.7 Å². The Labute approximate surface area is 109 Å². The maximum Gasteiger partial charge on any atom is 0.273 e. The molecule has 5 heteroatoms. The molecule has 3 aromatic rings. The van der Waals surface area contributed by atoms with E-state index in [4.69, 9.17) is 0 Å². The molecule has 1 fully saturated rings. The lowest BCUT2D eigenvalue weighted by atomic mass is 9.95. The normalized spacial score (nSPS) is 17.5. The minimum Gasteiger partial charge on any atom is -0.346 e. The number of H-pyrrole nitrogens is 2. The smallest absolute Gasteiger partial charge is 0.273 e. The van der Waals surface area contributed by atoms with Crippen molar-refractivity contribution >= 4 is 21.9 Å². The first-order valence-electron chi connectivity index (χ1n) is 6.91. The van der Waals surface area contributed by atoms with Gasteiger partial charge in [-0.25, -0.2) is 4.98 Å². The average Bonchev–Trinajstić information content (AvgIpc) is 3.04. The molecule has 0 unspecified atom stereocenters. The van der Waals surface area contributed by atoms with Gasteiger partial charge in [-0.1, -0.05) is 19.3 Å². The van der Waals surface area contributed by atoms with E-state index in [1.54, 1.807) is 6.20 Å². The lowest BCUT2D eigenvalue weighted by Gasteiger charge is -2.23. The number of hydrogen-bond donors (Lipinski definition) is 2. The van der Waals surface area contributed by atoms with Gasteiger partial charge in [0.2, 0.25) is 0 Å². The second-order valence-electron chi connectivity index (χ2n) is 5.36. The lowest BCUT2D eigenvalue weighted by Crippen LogP contribution is -2.16. The van der Waals surface area contributed by atoms with Crippen LogP contribution >= 0.6 is 0 Å². The van der Waals surface area contributed by atoms with Crippen molar-refractivity contribution in [2.45, 2.75) is 38.1 Å². The van der Waals surface area contributed by atoms with Gasteiger partial charge in [0.05, 0.1) is 16.9 Å². The summed E-state index contributed by atoms with van der Waals surface area (Å²) in [5.41, 5.74) is 1.82. The van der Waals surface area contributed by atoms with E-state index in [1.165, 1.54) is 19.3 Å². The molecule has 1 aliphatic carbocycles. The summed E-state index contributed by atoms with van der Waals surface area (Å²) in [6.07, 6.45) is 9.64. The van der Waals surface area contributed by atoms with Crippen LogP contribution in [0.15, 0.2) is 23.3 Å². The van der Waals surface area contributed by atoms with Crippen LogP contribution in [0.5, 0.6) is 0 Å². The van der Waals surface area contributed by atoms with Crippen LogP contribution in [0.1, 0.15) is 38.1 Å². The molecule has 3 aromatic heterocycles. The lowest BCUT2D eigenvalue weighted by molar-refractivity contribution is 0.336.